The minimum atomic E-state index is -0.439. The summed E-state index contributed by atoms with van der Waals surface area (Å²) < 4.78 is 18.0. The average molecular weight is 414 g/mol. The highest BCUT2D eigenvalue weighted by Crippen LogP contribution is 2.28. The molecular weight excluding hydrogens is 392 g/mol. The summed E-state index contributed by atoms with van der Waals surface area (Å²) in [7, 11) is 4.37. The molecule has 1 aromatic heterocycles. The topological polar surface area (TPSA) is 79.1 Å². The molecule has 0 radical (unpaired) electrons. The van der Waals surface area contributed by atoms with E-state index < -0.39 is 11.9 Å². The number of rotatable bonds is 5. The molecule has 0 atom stereocenters. The first-order valence-electron chi connectivity index (χ1n) is 8.86. The number of hydrogen-bond acceptors (Lipinski definition) is 6. The van der Waals surface area contributed by atoms with Crippen LogP contribution < -0.4 is 14.3 Å². The van der Waals surface area contributed by atoms with Crippen molar-refractivity contribution in [3.8, 4) is 11.5 Å². The highest BCUT2D eigenvalue weighted by molar-refractivity contribution is 7.16. The lowest BCUT2D eigenvalue weighted by atomic mass is 10.1. The molecule has 0 aliphatic rings. The number of thiazole rings is 1. The van der Waals surface area contributed by atoms with Crippen molar-refractivity contribution < 1.29 is 23.8 Å². The van der Waals surface area contributed by atoms with Gasteiger partial charge in [-0.05, 0) is 49.2 Å². The zero-order valence-electron chi connectivity index (χ0n) is 16.9. The Labute approximate surface area is 172 Å². The van der Waals surface area contributed by atoms with Gasteiger partial charge in [0.05, 0.1) is 31.5 Å². The van der Waals surface area contributed by atoms with Gasteiger partial charge in [0, 0.05) is 5.56 Å². The van der Waals surface area contributed by atoms with E-state index in [4.69, 9.17) is 14.2 Å². The van der Waals surface area contributed by atoms with Gasteiger partial charge in [0.25, 0.3) is 5.91 Å². The quantitative estimate of drug-likeness (QED) is 0.599. The minimum Gasteiger partial charge on any atom is -0.493 e. The molecule has 7 nitrogen and oxygen atoms in total. The number of amides is 1. The number of aromatic nitrogens is 1. The summed E-state index contributed by atoms with van der Waals surface area (Å²) in [4.78, 5) is 29.5. The van der Waals surface area contributed by atoms with Crippen molar-refractivity contribution in [1.82, 2.24) is 4.57 Å². The largest absolute Gasteiger partial charge is 0.493 e. The molecule has 0 saturated heterocycles. The number of benzene rings is 2. The van der Waals surface area contributed by atoms with E-state index in [9.17, 15) is 9.59 Å². The number of ether oxygens (including phenoxy) is 3. The third kappa shape index (κ3) is 4.17. The fourth-order valence-electron chi connectivity index (χ4n) is 3.14. The number of aryl methyl sites for hydroxylation is 2. The first kappa shape index (κ1) is 20.6. The van der Waals surface area contributed by atoms with Gasteiger partial charge in [-0.1, -0.05) is 17.4 Å². The molecule has 0 aliphatic carbocycles. The molecule has 0 spiro atoms. The number of esters is 1. The Kier molecular flexibility index (Phi) is 6.03. The van der Waals surface area contributed by atoms with Gasteiger partial charge in [-0.15, -0.1) is 0 Å². The normalized spacial score (nSPS) is 11.6. The maximum atomic E-state index is 12.8. The van der Waals surface area contributed by atoms with Gasteiger partial charge in [0.1, 0.15) is 6.54 Å². The summed E-state index contributed by atoms with van der Waals surface area (Å²) in [5.41, 5.74) is 3.32. The molecule has 0 aliphatic heterocycles. The third-order valence-corrected chi connectivity index (χ3v) is 5.48. The monoisotopic (exact) mass is 414 g/mol. The van der Waals surface area contributed by atoms with Crippen LogP contribution in [0.15, 0.2) is 35.3 Å². The summed E-state index contributed by atoms with van der Waals surface area (Å²) >= 11 is 1.36. The van der Waals surface area contributed by atoms with Crippen LogP contribution in [0.2, 0.25) is 0 Å². The van der Waals surface area contributed by atoms with Crippen molar-refractivity contribution in [2.24, 2.45) is 4.99 Å². The lowest BCUT2D eigenvalue weighted by Crippen LogP contribution is -2.22. The fourth-order valence-corrected chi connectivity index (χ4v) is 4.34. The van der Waals surface area contributed by atoms with Gasteiger partial charge in [-0.2, -0.15) is 4.99 Å². The van der Waals surface area contributed by atoms with E-state index in [0.29, 0.717) is 21.9 Å². The van der Waals surface area contributed by atoms with Crippen molar-refractivity contribution in [3.63, 3.8) is 0 Å². The summed E-state index contributed by atoms with van der Waals surface area (Å²) in [5, 5.41) is 0. The highest BCUT2D eigenvalue weighted by atomic mass is 32.1. The van der Waals surface area contributed by atoms with Crippen molar-refractivity contribution in [1.29, 1.82) is 0 Å². The Bertz CT molecular complexity index is 1160. The standard InChI is InChI=1S/C21H22N2O5S/c1-12-8-13(2)19-17(9-12)29-21(23(19)11-18(24)28-5)22-20(25)14-6-7-15(26-3)16(10-14)27-4/h6-10H,11H2,1-5H3. The average Bonchev–Trinajstić information content (AvgIpc) is 3.03. The van der Waals surface area contributed by atoms with Gasteiger partial charge in [-0.25, -0.2) is 0 Å². The van der Waals surface area contributed by atoms with Crippen LogP contribution in [0.4, 0.5) is 0 Å². The van der Waals surface area contributed by atoms with Gasteiger partial charge in [-0.3, -0.25) is 9.59 Å². The molecule has 1 heterocycles. The molecule has 1 amide bonds. The maximum absolute atomic E-state index is 12.8. The first-order chi connectivity index (χ1) is 13.9. The number of carbonyl (C=O) groups is 2. The molecule has 0 unspecified atom stereocenters. The molecule has 0 N–H and O–H groups in total. The van der Waals surface area contributed by atoms with Crippen LogP contribution in [0.25, 0.3) is 10.2 Å². The van der Waals surface area contributed by atoms with Crippen LogP contribution in [-0.4, -0.2) is 37.8 Å². The lowest BCUT2D eigenvalue weighted by molar-refractivity contribution is -0.141. The second-order valence-corrected chi connectivity index (χ2v) is 7.47. The summed E-state index contributed by atoms with van der Waals surface area (Å²) in [6.45, 7) is 3.94. The smallest absolute Gasteiger partial charge is 0.325 e. The van der Waals surface area contributed by atoms with Gasteiger partial charge in [0.2, 0.25) is 0 Å². The van der Waals surface area contributed by atoms with Crippen molar-refractivity contribution in [3.05, 3.63) is 51.8 Å². The van der Waals surface area contributed by atoms with Crippen molar-refractivity contribution in [2.45, 2.75) is 20.4 Å². The van der Waals surface area contributed by atoms with Crippen LogP contribution in [0.1, 0.15) is 21.5 Å². The molecule has 0 fully saturated rings. The summed E-state index contributed by atoms with van der Waals surface area (Å²) in [5.74, 6) is 0.117. The second-order valence-electron chi connectivity index (χ2n) is 6.46. The molecule has 8 heteroatoms. The van der Waals surface area contributed by atoms with E-state index in [1.54, 1.807) is 22.8 Å². The van der Waals surface area contributed by atoms with Crippen LogP contribution in [0, 0.1) is 13.8 Å². The number of hydrogen-bond donors (Lipinski definition) is 0. The van der Waals surface area contributed by atoms with E-state index in [2.05, 4.69) is 4.99 Å². The number of carbonyl (C=O) groups excluding carboxylic acids is 2. The van der Waals surface area contributed by atoms with E-state index in [0.717, 1.165) is 21.3 Å². The SMILES string of the molecule is COC(=O)Cn1c(=NC(=O)c2ccc(OC)c(OC)c2)sc2cc(C)cc(C)c21. The van der Waals surface area contributed by atoms with E-state index in [1.807, 2.05) is 26.0 Å². The van der Waals surface area contributed by atoms with Crippen LogP contribution >= 0.6 is 11.3 Å². The molecule has 0 bridgehead atoms. The zero-order valence-corrected chi connectivity index (χ0v) is 17.8. The first-order valence-corrected chi connectivity index (χ1v) is 9.68. The molecule has 0 saturated carbocycles. The number of methoxy groups -OCH3 is 3. The number of fused-ring (bicyclic) bond motifs is 1. The molecular formula is C21H22N2O5S. The zero-order chi connectivity index (χ0) is 21.1. The van der Waals surface area contributed by atoms with E-state index in [1.165, 1.54) is 32.7 Å². The fraction of sp³-hybridized carbons (Fsp3) is 0.286. The van der Waals surface area contributed by atoms with Gasteiger partial charge < -0.3 is 18.8 Å². The minimum absolute atomic E-state index is 0.0293. The molecule has 3 rings (SSSR count). The Morgan fingerprint density at radius 2 is 1.76 bits per heavy atom. The Morgan fingerprint density at radius 3 is 2.41 bits per heavy atom. The highest BCUT2D eigenvalue weighted by Gasteiger charge is 2.15. The van der Waals surface area contributed by atoms with Crippen LogP contribution in [0.5, 0.6) is 11.5 Å². The predicted molar refractivity (Wildman–Crippen MR) is 111 cm³/mol. The van der Waals surface area contributed by atoms with E-state index >= 15 is 0 Å². The molecule has 152 valence electrons. The summed E-state index contributed by atoms with van der Waals surface area (Å²) in [6.07, 6.45) is 0. The lowest BCUT2D eigenvalue weighted by Gasteiger charge is -2.08. The number of nitrogens with zero attached hydrogens (tertiary/aromatic N) is 2. The van der Waals surface area contributed by atoms with E-state index in [-0.39, 0.29) is 6.54 Å². The van der Waals surface area contributed by atoms with Crippen molar-refractivity contribution in [2.75, 3.05) is 21.3 Å². The van der Waals surface area contributed by atoms with Crippen molar-refractivity contribution >= 4 is 33.4 Å². The molecule has 29 heavy (non-hydrogen) atoms. The second kappa shape index (κ2) is 8.48. The molecule has 2 aromatic carbocycles. The Morgan fingerprint density at radius 1 is 1.03 bits per heavy atom. The van der Waals surface area contributed by atoms with Crippen LogP contribution in [-0.2, 0) is 16.1 Å². The third-order valence-electron chi connectivity index (χ3n) is 4.45. The van der Waals surface area contributed by atoms with Gasteiger partial charge in [0.15, 0.2) is 16.3 Å². The predicted octanol–water partition coefficient (Wildman–Crippen LogP) is 3.25. The summed E-state index contributed by atoms with van der Waals surface area (Å²) in [6, 6.07) is 8.91. The Balaban J connectivity index is 2.16. The van der Waals surface area contributed by atoms with Crippen LogP contribution in [0.3, 0.4) is 0 Å². The Hall–Kier alpha value is -3.13. The maximum Gasteiger partial charge on any atom is 0.325 e. The van der Waals surface area contributed by atoms with Gasteiger partial charge >= 0.3 is 5.97 Å². The molecule has 3 aromatic rings.